The third-order valence-corrected chi connectivity index (χ3v) is 4.20. The first-order valence-electron chi connectivity index (χ1n) is 6.25. The minimum atomic E-state index is -0.449. The summed E-state index contributed by atoms with van der Waals surface area (Å²) >= 11 is 1.84. The van der Waals surface area contributed by atoms with Crippen LogP contribution in [0.2, 0.25) is 0 Å². The molecule has 1 atom stereocenters. The Labute approximate surface area is 108 Å². The van der Waals surface area contributed by atoms with Crippen LogP contribution in [0.5, 0.6) is 0 Å². The highest BCUT2D eigenvalue weighted by molar-refractivity contribution is 7.99. The van der Waals surface area contributed by atoms with Crippen molar-refractivity contribution in [1.82, 2.24) is 10.2 Å². The van der Waals surface area contributed by atoms with E-state index in [0.717, 1.165) is 37.4 Å². The normalized spacial score (nSPS) is 24.9. The van der Waals surface area contributed by atoms with Crippen LogP contribution >= 0.6 is 11.8 Å². The number of nitrogens with zero attached hydrogens (tertiary/aromatic N) is 1. The molecular formula is C12H24N2O2S. The number of nitrogens with one attached hydrogen (secondary N) is 1. The first-order chi connectivity index (χ1) is 8.10. The van der Waals surface area contributed by atoms with Gasteiger partial charge in [0, 0.05) is 18.8 Å². The lowest BCUT2D eigenvalue weighted by Crippen LogP contribution is -2.57. The van der Waals surface area contributed by atoms with Gasteiger partial charge in [-0.1, -0.05) is 0 Å². The van der Waals surface area contributed by atoms with E-state index in [-0.39, 0.29) is 5.97 Å². The van der Waals surface area contributed by atoms with E-state index in [4.69, 9.17) is 4.74 Å². The number of likely N-dealkylation sites (N-methyl/N-ethyl adjacent to an activating group) is 1. The maximum Gasteiger partial charge on any atom is 0.327 e. The van der Waals surface area contributed by atoms with Crippen molar-refractivity contribution in [3.63, 3.8) is 0 Å². The maximum atomic E-state index is 12.1. The second-order valence-electron chi connectivity index (χ2n) is 4.69. The summed E-state index contributed by atoms with van der Waals surface area (Å²) in [6.45, 7) is 4.08. The van der Waals surface area contributed by atoms with E-state index in [0.29, 0.717) is 6.61 Å². The van der Waals surface area contributed by atoms with Gasteiger partial charge >= 0.3 is 5.97 Å². The molecule has 0 spiro atoms. The number of thioether (sulfide) groups is 1. The summed E-state index contributed by atoms with van der Waals surface area (Å²) in [6.07, 6.45) is 1.98. The molecule has 1 aliphatic heterocycles. The molecule has 0 saturated carbocycles. The fraction of sp³-hybridized carbons (Fsp3) is 0.917. The van der Waals surface area contributed by atoms with Gasteiger partial charge in [0.05, 0.1) is 6.61 Å². The summed E-state index contributed by atoms with van der Waals surface area (Å²) in [5.41, 5.74) is -0.449. The first-order valence-corrected chi connectivity index (χ1v) is 7.41. The van der Waals surface area contributed by atoms with E-state index in [1.807, 2.05) is 32.8 Å². The van der Waals surface area contributed by atoms with Crippen molar-refractivity contribution in [2.24, 2.45) is 0 Å². The Bertz CT molecular complexity index is 241. The van der Waals surface area contributed by atoms with Gasteiger partial charge < -0.3 is 9.64 Å². The molecule has 0 bridgehead atoms. The van der Waals surface area contributed by atoms with Crippen LogP contribution in [0.3, 0.4) is 0 Å². The van der Waals surface area contributed by atoms with Crippen molar-refractivity contribution in [2.75, 3.05) is 45.3 Å². The smallest absolute Gasteiger partial charge is 0.327 e. The molecule has 0 aromatic carbocycles. The molecule has 0 aromatic rings. The molecule has 0 aromatic heterocycles. The largest absolute Gasteiger partial charge is 0.465 e. The molecule has 1 N–H and O–H groups in total. The van der Waals surface area contributed by atoms with Crippen molar-refractivity contribution in [2.45, 2.75) is 25.3 Å². The van der Waals surface area contributed by atoms with Crippen LogP contribution in [0.25, 0.3) is 0 Å². The Morgan fingerprint density at radius 1 is 1.53 bits per heavy atom. The van der Waals surface area contributed by atoms with E-state index in [2.05, 4.69) is 10.2 Å². The molecule has 1 rings (SSSR count). The fourth-order valence-corrected chi connectivity index (χ4v) is 3.16. The molecule has 1 fully saturated rings. The number of carbonyl (C=O) groups is 1. The summed E-state index contributed by atoms with van der Waals surface area (Å²) < 4.78 is 5.21. The Kier molecular flexibility index (Phi) is 6.30. The number of carbonyl (C=O) groups excluding carboxylic acids is 1. The highest BCUT2D eigenvalue weighted by Gasteiger charge is 2.40. The minimum absolute atomic E-state index is 0.0778. The van der Waals surface area contributed by atoms with Gasteiger partial charge in [-0.15, -0.1) is 0 Å². The monoisotopic (exact) mass is 260 g/mol. The highest BCUT2D eigenvalue weighted by Crippen LogP contribution is 2.28. The lowest BCUT2D eigenvalue weighted by molar-refractivity contribution is -0.150. The van der Waals surface area contributed by atoms with E-state index < -0.39 is 5.54 Å². The van der Waals surface area contributed by atoms with Crippen molar-refractivity contribution >= 4 is 17.7 Å². The SMILES string of the molecule is CCOC(=O)C1(NCCN(C)C)CCCSC1. The Morgan fingerprint density at radius 2 is 2.29 bits per heavy atom. The van der Waals surface area contributed by atoms with E-state index >= 15 is 0 Å². The summed E-state index contributed by atoms with van der Waals surface area (Å²) in [4.78, 5) is 14.2. The predicted octanol–water partition coefficient (Wildman–Crippen LogP) is 0.966. The van der Waals surface area contributed by atoms with Gasteiger partial charge in [-0.05, 0) is 39.6 Å². The molecule has 1 aliphatic rings. The van der Waals surface area contributed by atoms with Crippen molar-refractivity contribution in [3.05, 3.63) is 0 Å². The molecule has 5 heteroatoms. The van der Waals surface area contributed by atoms with Gasteiger partial charge in [0.15, 0.2) is 0 Å². The molecule has 0 radical (unpaired) electrons. The van der Waals surface area contributed by atoms with Crippen molar-refractivity contribution < 1.29 is 9.53 Å². The summed E-state index contributed by atoms with van der Waals surface area (Å²) in [5.74, 6) is 1.90. The van der Waals surface area contributed by atoms with Crippen LogP contribution in [0.15, 0.2) is 0 Å². The molecule has 100 valence electrons. The number of esters is 1. The van der Waals surface area contributed by atoms with Gasteiger partial charge in [0.2, 0.25) is 0 Å². The van der Waals surface area contributed by atoms with Crippen molar-refractivity contribution in [3.8, 4) is 0 Å². The average molecular weight is 260 g/mol. The van der Waals surface area contributed by atoms with E-state index in [1.54, 1.807) is 0 Å². The molecule has 17 heavy (non-hydrogen) atoms. The molecule has 1 heterocycles. The fourth-order valence-electron chi connectivity index (χ4n) is 1.96. The molecular weight excluding hydrogens is 236 g/mol. The van der Waals surface area contributed by atoms with E-state index in [1.165, 1.54) is 0 Å². The Hall–Kier alpha value is -0.260. The molecule has 1 saturated heterocycles. The molecule has 0 aliphatic carbocycles. The third-order valence-electron chi connectivity index (χ3n) is 2.93. The van der Waals surface area contributed by atoms with Crippen LogP contribution in [-0.2, 0) is 9.53 Å². The van der Waals surface area contributed by atoms with Crippen LogP contribution in [0, 0.1) is 0 Å². The van der Waals surface area contributed by atoms with Gasteiger partial charge in [-0.3, -0.25) is 10.1 Å². The number of hydrogen-bond donors (Lipinski definition) is 1. The van der Waals surface area contributed by atoms with Gasteiger partial charge in [0.25, 0.3) is 0 Å². The maximum absolute atomic E-state index is 12.1. The van der Waals surface area contributed by atoms with Crippen LogP contribution in [0.1, 0.15) is 19.8 Å². The summed E-state index contributed by atoms with van der Waals surface area (Å²) in [7, 11) is 4.07. The summed E-state index contributed by atoms with van der Waals surface area (Å²) in [6, 6.07) is 0. The standard InChI is InChI=1S/C12H24N2O2S/c1-4-16-11(15)12(6-5-9-17-10-12)13-7-8-14(2)3/h13H,4-10H2,1-3H3. The number of ether oxygens (including phenoxy) is 1. The van der Waals surface area contributed by atoms with Gasteiger partial charge in [-0.25, -0.2) is 0 Å². The molecule has 1 unspecified atom stereocenters. The van der Waals surface area contributed by atoms with Crippen LogP contribution < -0.4 is 5.32 Å². The zero-order valence-corrected chi connectivity index (χ0v) is 11.9. The van der Waals surface area contributed by atoms with Gasteiger partial charge in [0.1, 0.15) is 5.54 Å². The van der Waals surface area contributed by atoms with Crippen LogP contribution in [-0.4, -0.2) is 61.7 Å². The summed E-state index contributed by atoms with van der Waals surface area (Å²) in [5, 5.41) is 3.41. The van der Waals surface area contributed by atoms with E-state index in [9.17, 15) is 4.79 Å². The molecule has 4 nitrogen and oxygen atoms in total. The third kappa shape index (κ3) is 4.48. The lowest BCUT2D eigenvalue weighted by Gasteiger charge is -2.35. The Morgan fingerprint density at radius 3 is 2.82 bits per heavy atom. The zero-order valence-electron chi connectivity index (χ0n) is 11.1. The predicted molar refractivity (Wildman–Crippen MR) is 72.5 cm³/mol. The quantitative estimate of drug-likeness (QED) is 0.721. The minimum Gasteiger partial charge on any atom is -0.465 e. The second-order valence-corrected chi connectivity index (χ2v) is 5.79. The Balaban J connectivity index is 2.55. The second kappa shape index (κ2) is 7.24. The zero-order chi connectivity index (χ0) is 12.7. The highest BCUT2D eigenvalue weighted by atomic mass is 32.2. The van der Waals surface area contributed by atoms with Crippen molar-refractivity contribution in [1.29, 1.82) is 0 Å². The average Bonchev–Trinajstić information content (AvgIpc) is 2.30. The lowest BCUT2D eigenvalue weighted by atomic mass is 9.95. The first kappa shape index (κ1) is 14.8. The molecule has 0 amide bonds. The van der Waals surface area contributed by atoms with Gasteiger partial charge in [-0.2, -0.15) is 11.8 Å². The number of rotatable bonds is 6. The number of hydrogen-bond acceptors (Lipinski definition) is 5. The van der Waals surface area contributed by atoms with Crippen LogP contribution in [0.4, 0.5) is 0 Å². The topological polar surface area (TPSA) is 41.6 Å².